The average Bonchev–Trinajstić information content (AvgIpc) is 2.05. The van der Waals surface area contributed by atoms with Gasteiger partial charge in [0.2, 0.25) is 0 Å². The highest BCUT2D eigenvalue weighted by Gasteiger charge is 2.15. The van der Waals surface area contributed by atoms with Crippen LogP contribution in [0.5, 0.6) is 0 Å². The van der Waals surface area contributed by atoms with Gasteiger partial charge >= 0.3 is 5.97 Å². The Morgan fingerprint density at radius 3 is 2.62 bits per heavy atom. The third-order valence-electron chi connectivity index (χ3n) is 2.41. The summed E-state index contributed by atoms with van der Waals surface area (Å²) < 4.78 is 4.62. The zero-order valence-electron chi connectivity index (χ0n) is 8.93. The molecule has 0 aromatic rings. The lowest BCUT2D eigenvalue weighted by Gasteiger charge is -2.21. The Hall–Kier alpha value is -0.790. The van der Waals surface area contributed by atoms with Crippen LogP contribution in [0.25, 0.3) is 0 Å². The number of carbonyl (C=O) groups excluding carboxylic acids is 1. The van der Waals surface area contributed by atoms with E-state index in [1.807, 2.05) is 0 Å². The summed E-state index contributed by atoms with van der Waals surface area (Å²) in [6.07, 6.45) is 4.79. The molecule has 0 aromatic carbocycles. The molecule has 0 radical (unpaired) electrons. The third kappa shape index (κ3) is 6.38. The van der Waals surface area contributed by atoms with Gasteiger partial charge in [0, 0.05) is 6.42 Å². The van der Waals surface area contributed by atoms with Gasteiger partial charge in [0.15, 0.2) is 0 Å². The summed E-state index contributed by atoms with van der Waals surface area (Å²) in [7, 11) is 0. The van der Waals surface area contributed by atoms with Gasteiger partial charge in [0.25, 0.3) is 0 Å². The maximum Gasteiger partial charge on any atom is 0.310 e. The fraction of sp³-hybridized carbons (Fsp3) is 0.727. The van der Waals surface area contributed by atoms with Crippen molar-refractivity contribution in [1.82, 2.24) is 0 Å². The SMILES string of the molecule is C=COC(=O)CCCC(C)(C)CC. The fourth-order valence-corrected chi connectivity index (χ4v) is 1.04. The van der Waals surface area contributed by atoms with Gasteiger partial charge in [-0.1, -0.05) is 33.8 Å². The molecular formula is C11H20O2. The molecule has 0 saturated carbocycles. The highest BCUT2D eigenvalue weighted by Crippen LogP contribution is 2.26. The summed E-state index contributed by atoms with van der Waals surface area (Å²) in [6, 6.07) is 0. The molecule has 0 rings (SSSR count). The van der Waals surface area contributed by atoms with E-state index >= 15 is 0 Å². The summed E-state index contributed by atoms with van der Waals surface area (Å²) in [5.41, 5.74) is 0.342. The van der Waals surface area contributed by atoms with E-state index in [1.54, 1.807) is 0 Å². The molecule has 0 aliphatic heterocycles. The average molecular weight is 184 g/mol. The maximum absolute atomic E-state index is 10.9. The van der Waals surface area contributed by atoms with Gasteiger partial charge in [-0.3, -0.25) is 4.79 Å². The number of hydrogen-bond donors (Lipinski definition) is 0. The molecule has 0 N–H and O–H groups in total. The molecule has 0 aliphatic carbocycles. The second kappa shape index (κ2) is 5.79. The molecule has 0 atom stereocenters. The van der Waals surface area contributed by atoms with Gasteiger partial charge in [-0.15, -0.1) is 0 Å². The van der Waals surface area contributed by atoms with Gasteiger partial charge in [-0.25, -0.2) is 0 Å². The molecular weight excluding hydrogens is 164 g/mol. The summed E-state index contributed by atoms with van der Waals surface area (Å²) in [4.78, 5) is 10.9. The van der Waals surface area contributed by atoms with Gasteiger partial charge in [-0.2, -0.15) is 0 Å². The quantitative estimate of drug-likeness (QED) is 0.467. The van der Waals surface area contributed by atoms with E-state index in [1.165, 1.54) is 6.26 Å². The maximum atomic E-state index is 10.9. The Bertz CT molecular complexity index is 171. The first-order valence-corrected chi connectivity index (χ1v) is 4.82. The summed E-state index contributed by atoms with van der Waals surface area (Å²) in [5.74, 6) is -0.179. The van der Waals surface area contributed by atoms with Crippen LogP contribution in [0.4, 0.5) is 0 Å². The smallest absolute Gasteiger partial charge is 0.310 e. The topological polar surface area (TPSA) is 26.3 Å². The Morgan fingerprint density at radius 2 is 2.15 bits per heavy atom. The predicted octanol–water partition coefficient (Wildman–Crippen LogP) is 3.28. The first-order chi connectivity index (χ1) is 6.02. The van der Waals surface area contributed by atoms with Crippen LogP contribution in [0.1, 0.15) is 46.5 Å². The second-order valence-electron chi connectivity index (χ2n) is 4.03. The highest BCUT2D eigenvalue weighted by molar-refractivity contribution is 5.69. The second-order valence-corrected chi connectivity index (χ2v) is 4.03. The summed E-state index contributed by atoms with van der Waals surface area (Å²) in [5, 5.41) is 0. The molecule has 2 heteroatoms. The van der Waals surface area contributed by atoms with Gasteiger partial charge < -0.3 is 4.74 Å². The van der Waals surface area contributed by atoms with Crippen molar-refractivity contribution in [3.05, 3.63) is 12.8 Å². The van der Waals surface area contributed by atoms with Crippen LogP contribution in [-0.4, -0.2) is 5.97 Å². The number of ether oxygens (including phenoxy) is 1. The standard InChI is InChI=1S/C11H20O2/c1-5-11(3,4)9-7-8-10(12)13-6-2/h6H,2,5,7-9H2,1,3-4H3. The van der Waals surface area contributed by atoms with Crippen molar-refractivity contribution in [2.75, 3.05) is 0 Å². The minimum atomic E-state index is -0.179. The van der Waals surface area contributed by atoms with Crippen LogP contribution < -0.4 is 0 Å². The van der Waals surface area contributed by atoms with Crippen LogP contribution in [0.15, 0.2) is 12.8 Å². The largest absolute Gasteiger partial charge is 0.435 e. The molecule has 0 aromatic heterocycles. The molecule has 0 bridgehead atoms. The molecule has 0 fully saturated rings. The van der Waals surface area contributed by atoms with Crippen molar-refractivity contribution >= 4 is 5.97 Å². The van der Waals surface area contributed by atoms with Crippen molar-refractivity contribution in [2.45, 2.75) is 46.5 Å². The Labute approximate surface area is 81.0 Å². The summed E-state index contributed by atoms with van der Waals surface area (Å²) in [6.45, 7) is 9.93. The van der Waals surface area contributed by atoms with Crippen LogP contribution in [0.2, 0.25) is 0 Å². The zero-order chi connectivity index (χ0) is 10.3. The van der Waals surface area contributed by atoms with Gasteiger partial charge in [0.1, 0.15) is 0 Å². The monoisotopic (exact) mass is 184 g/mol. The molecule has 0 unspecified atom stereocenters. The minimum absolute atomic E-state index is 0.179. The van der Waals surface area contributed by atoms with Crippen molar-refractivity contribution in [3.8, 4) is 0 Å². The highest BCUT2D eigenvalue weighted by atomic mass is 16.5. The fourth-order valence-electron chi connectivity index (χ4n) is 1.04. The van der Waals surface area contributed by atoms with Crippen molar-refractivity contribution in [3.63, 3.8) is 0 Å². The molecule has 13 heavy (non-hydrogen) atoms. The van der Waals surface area contributed by atoms with Crippen molar-refractivity contribution in [2.24, 2.45) is 5.41 Å². The van der Waals surface area contributed by atoms with E-state index in [0.717, 1.165) is 19.3 Å². The predicted molar refractivity (Wildman–Crippen MR) is 54.2 cm³/mol. The van der Waals surface area contributed by atoms with E-state index in [0.29, 0.717) is 11.8 Å². The number of hydrogen-bond acceptors (Lipinski definition) is 2. The first-order valence-electron chi connectivity index (χ1n) is 4.82. The normalized spacial score (nSPS) is 11.0. The summed E-state index contributed by atoms with van der Waals surface area (Å²) >= 11 is 0. The van der Waals surface area contributed by atoms with Crippen LogP contribution in [0, 0.1) is 5.41 Å². The van der Waals surface area contributed by atoms with Crippen LogP contribution in [-0.2, 0) is 9.53 Å². The van der Waals surface area contributed by atoms with Crippen LogP contribution in [0.3, 0.4) is 0 Å². The molecule has 0 saturated heterocycles. The lowest BCUT2D eigenvalue weighted by Crippen LogP contribution is -2.10. The van der Waals surface area contributed by atoms with E-state index in [4.69, 9.17) is 0 Å². The Kier molecular flexibility index (Phi) is 5.44. The Balaban J connectivity index is 3.55. The zero-order valence-corrected chi connectivity index (χ0v) is 8.93. The first kappa shape index (κ1) is 12.2. The molecule has 0 aliphatic rings. The van der Waals surface area contributed by atoms with E-state index in [-0.39, 0.29) is 5.97 Å². The van der Waals surface area contributed by atoms with Crippen LogP contribution >= 0.6 is 0 Å². The molecule has 0 heterocycles. The van der Waals surface area contributed by atoms with Gasteiger partial charge in [0.05, 0.1) is 6.26 Å². The van der Waals surface area contributed by atoms with E-state index < -0.39 is 0 Å². The lowest BCUT2D eigenvalue weighted by atomic mass is 9.85. The number of carbonyl (C=O) groups is 1. The number of esters is 1. The number of rotatable bonds is 6. The van der Waals surface area contributed by atoms with E-state index in [9.17, 15) is 4.79 Å². The molecule has 0 spiro atoms. The molecule has 2 nitrogen and oxygen atoms in total. The lowest BCUT2D eigenvalue weighted by molar-refractivity contribution is -0.138. The van der Waals surface area contributed by atoms with Crippen molar-refractivity contribution in [1.29, 1.82) is 0 Å². The minimum Gasteiger partial charge on any atom is -0.435 e. The molecule has 76 valence electrons. The van der Waals surface area contributed by atoms with Gasteiger partial charge in [-0.05, 0) is 18.3 Å². The third-order valence-corrected chi connectivity index (χ3v) is 2.41. The Morgan fingerprint density at radius 1 is 1.54 bits per heavy atom. The van der Waals surface area contributed by atoms with E-state index in [2.05, 4.69) is 32.1 Å². The van der Waals surface area contributed by atoms with Crippen molar-refractivity contribution < 1.29 is 9.53 Å². The molecule has 0 amide bonds.